The maximum atomic E-state index is 13.3. The lowest BCUT2D eigenvalue weighted by Gasteiger charge is -1.94. The fourth-order valence-corrected chi connectivity index (χ4v) is 1.41. The summed E-state index contributed by atoms with van der Waals surface area (Å²) in [6.45, 7) is 0. The number of hydrogen-bond acceptors (Lipinski definition) is 2. The summed E-state index contributed by atoms with van der Waals surface area (Å²) in [5, 5.41) is 3.97. The molecule has 1 aromatic heterocycles. The Morgan fingerprint density at radius 3 is 2.76 bits per heavy atom. The maximum absolute atomic E-state index is 13.3. The Morgan fingerprint density at radius 2 is 2.12 bits per heavy atom. The van der Waals surface area contributed by atoms with Crippen molar-refractivity contribution >= 4 is 11.9 Å². The molecule has 0 N–H and O–H groups in total. The molecule has 2 rings (SSSR count). The molecule has 1 heterocycles. The standard InChI is InChI=1S/C13H11FN2O/c1-16-9-8-12(15-16)13(17)7-6-10-4-2-3-5-11(10)14/h2-9H,1H3/b7-6+. The van der Waals surface area contributed by atoms with E-state index in [0.29, 0.717) is 11.3 Å². The third-order valence-electron chi connectivity index (χ3n) is 2.29. The Balaban J connectivity index is 2.17. The van der Waals surface area contributed by atoms with Gasteiger partial charge in [-0.3, -0.25) is 9.48 Å². The Labute approximate surface area is 98.2 Å². The van der Waals surface area contributed by atoms with Gasteiger partial charge in [0.05, 0.1) is 0 Å². The molecule has 0 fully saturated rings. The van der Waals surface area contributed by atoms with E-state index in [1.807, 2.05) is 0 Å². The van der Waals surface area contributed by atoms with E-state index in [1.54, 1.807) is 42.2 Å². The van der Waals surface area contributed by atoms with Crippen LogP contribution in [-0.2, 0) is 7.05 Å². The van der Waals surface area contributed by atoms with Crippen LogP contribution in [0.15, 0.2) is 42.6 Å². The van der Waals surface area contributed by atoms with Crippen molar-refractivity contribution in [3.8, 4) is 0 Å². The Morgan fingerprint density at radius 1 is 1.35 bits per heavy atom. The molecule has 0 saturated carbocycles. The number of carbonyl (C=O) groups excluding carboxylic acids is 1. The lowest BCUT2D eigenvalue weighted by Crippen LogP contribution is -1.97. The summed E-state index contributed by atoms with van der Waals surface area (Å²) in [7, 11) is 1.73. The highest BCUT2D eigenvalue weighted by Gasteiger charge is 2.05. The summed E-state index contributed by atoms with van der Waals surface area (Å²) in [6, 6.07) is 7.90. The van der Waals surface area contributed by atoms with Crippen LogP contribution in [0.4, 0.5) is 4.39 Å². The van der Waals surface area contributed by atoms with Gasteiger partial charge in [-0.15, -0.1) is 0 Å². The number of hydrogen-bond donors (Lipinski definition) is 0. The predicted molar refractivity (Wildman–Crippen MR) is 63.0 cm³/mol. The number of carbonyl (C=O) groups is 1. The summed E-state index contributed by atoms with van der Waals surface area (Å²) < 4.78 is 14.8. The molecule has 0 unspecified atom stereocenters. The molecule has 3 nitrogen and oxygen atoms in total. The second kappa shape index (κ2) is 4.74. The van der Waals surface area contributed by atoms with E-state index in [4.69, 9.17) is 0 Å². The first kappa shape index (κ1) is 11.3. The molecule has 0 amide bonds. The molecule has 0 aliphatic carbocycles. The van der Waals surface area contributed by atoms with Gasteiger partial charge in [-0.2, -0.15) is 5.10 Å². The lowest BCUT2D eigenvalue weighted by molar-refractivity contribution is 0.104. The van der Waals surface area contributed by atoms with E-state index in [1.165, 1.54) is 18.2 Å². The molecule has 2 aromatic rings. The van der Waals surface area contributed by atoms with Crippen LogP contribution in [0.1, 0.15) is 16.1 Å². The molecule has 4 heteroatoms. The molecule has 0 aliphatic rings. The number of allylic oxidation sites excluding steroid dienone is 1. The average molecular weight is 230 g/mol. The van der Waals surface area contributed by atoms with E-state index in [2.05, 4.69) is 5.10 Å². The third kappa shape index (κ3) is 2.66. The maximum Gasteiger partial charge on any atom is 0.206 e. The highest BCUT2D eigenvalue weighted by molar-refractivity contribution is 6.05. The molecule has 1 aromatic carbocycles. The summed E-state index contributed by atoms with van der Waals surface area (Å²) in [5.41, 5.74) is 0.733. The molecule has 0 spiro atoms. The van der Waals surface area contributed by atoms with Gasteiger partial charge in [-0.1, -0.05) is 18.2 Å². The van der Waals surface area contributed by atoms with E-state index >= 15 is 0 Å². The van der Waals surface area contributed by atoms with E-state index in [0.717, 1.165) is 0 Å². The number of ketones is 1. The number of rotatable bonds is 3. The summed E-state index contributed by atoms with van der Waals surface area (Å²) >= 11 is 0. The van der Waals surface area contributed by atoms with Crippen LogP contribution in [0, 0.1) is 5.82 Å². The largest absolute Gasteiger partial charge is 0.287 e. The molecule has 86 valence electrons. The first-order valence-electron chi connectivity index (χ1n) is 5.13. The van der Waals surface area contributed by atoms with Crippen molar-refractivity contribution < 1.29 is 9.18 Å². The van der Waals surface area contributed by atoms with Crippen molar-refractivity contribution in [1.82, 2.24) is 9.78 Å². The van der Waals surface area contributed by atoms with Gasteiger partial charge in [0.15, 0.2) is 0 Å². The zero-order chi connectivity index (χ0) is 12.3. The third-order valence-corrected chi connectivity index (χ3v) is 2.29. The summed E-state index contributed by atoms with van der Waals surface area (Å²) in [6.07, 6.45) is 4.46. The van der Waals surface area contributed by atoms with Gasteiger partial charge in [0.2, 0.25) is 5.78 Å². The number of halogens is 1. The Hall–Kier alpha value is -2.23. The molecule has 17 heavy (non-hydrogen) atoms. The first-order valence-corrected chi connectivity index (χ1v) is 5.13. The minimum absolute atomic E-state index is 0.242. The second-order valence-electron chi connectivity index (χ2n) is 3.59. The average Bonchev–Trinajstić information content (AvgIpc) is 2.74. The van der Waals surface area contributed by atoms with Crippen LogP contribution in [0.3, 0.4) is 0 Å². The monoisotopic (exact) mass is 230 g/mol. The van der Waals surface area contributed by atoms with Crippen molar-refractivity contribution in [2.75, 3.05) is 0 Å². The topological polar surface area (TPSA) is 34.9 Å². The number of benzene rings is 1. The minimum atomic E-state index is -0.349. The summed E-state index contributed by atoms with van der Waals surface area (Å²) in [5.74, 6) is -0.591. The van der Waals surface area contributed by atoms with Gasteiger partial charge >= 0.3 is 0 Å². The van der Waals surface area contributed by atoms with Gasteiger partial charge < -0.3 is 0 Å². The van der Waals surface area contributed by atoms with Gasteiger partial charge in [0.1, 0.15) is 11.5 Å². The lowest BCUT2D eigenvalue weighted by atomic mass is 10.1. The summed E-state index contributed by atoms with van der Waals surface area (Å²) in [4.78, 5) is 11.7. The Kier molecular flexibility index (Phi) is 3.14. The van der Waals surface area contributed by atoms with Crippen LogP contribution in [-0.4, -0.2) is 15.6 Å². The van der Waals surface area contributed by atoms with E-state index in [-0.39, 0.29) is 11.6 Å². The van der Waals surface area contributed by atoms with E-state index < -0.39 is 0 Å². The van der Waals surface area contributed by atoms with Crippen molar-refractivity contribution in [2.45, 2.75) is 0 Å². The molecule has 0 atom stereocenters. The predicted octanol–water partition coefficient (Wildman–Crippen LogP) is 2.46. The normalized spacial score (nSPS) is 10.9. The number of aryl methyl sites for hydroxylation is 1. The molecular formula is C13H11FN2O. The van der Waals surface area contributed by atoms with Crippen LogP contribution in [0.2, 0.25) is 0 Å². The first-order chi connectivity index (χ1) is 8.16. The van der Waals surface area contributed by atoms with Crippen molar-refractivity contribution in [1.29, 1.82) is 0 Å². The highest BCUT2D eigenvalue weighted by atomic mass is 19.1. The van der Waals surface area contributed by atoms with E-state index in [9.17, 15) is 9.18 Å². The fraction of sp³-hybridized carbons (Fsp3) is 0.0769. The van der Waals surface area contributed by atoms with Gasteiger partial charge in [0.25, 0.3) is 0 Å². The SMILES string of the molecule is Cn1ccc(C(=O)/C=C/c2ccccc2F)n1. The molecule has 0 aliphatic heterocycles. The minimum Gasteiger partial charge on any atom is -0.287 e. The van der Waals surface area contributed by atoms with Gasteiger partial charge in [-0.05, 0) is 24.3 Å². The zero-order valence-electron chi connectivity index (χ0n) is 9.30. The molecule has 0 saturated heterocycles. The van der Waals surface area contributed by atoms with Crippen molar-refractivity contribution in [3.05, 3.63) is 59.7 Å². The smallest absolute Gasteiger partial charge is 0.206 e. The van der Waals surface area contributed by atoms with Crippen molar-refractivity contribution in [2.24, 2.45) is 7.05 Å². The zero-order valence-corrected chi connectivity index (χ0v) is 9.30. The van der Waals surface area contributed by atoms with Crippen LogP contribution in [0.25, 0.3) is 6.08 Å². The molecule has 0 radical (unpaired) electrons. The second-order valence-corrected chi connectivity index (χ2v) is 3.59. The van der Waals surface area contributed by atoms with Crippen LogP contribution >= 0.6 is 0 Å². The van der Waals surface area contributed by atoms with Gasteiger partial charge in [0, 0.05) is 18.8 Å². The number of aromatic nitrogens is 2. The molecular weight excluding hydrogens is 219 g/mol. The Bertz CT molecular complexity index is 572. The fourth-order valence-electron chi connectivity index (χ4n) is 1.41. The van der Waals surface area contributed by atoms with Crippen molar-refractivity contribution in [3.63, 3.8) is 0 Å². The quantitative estimate of drug-likeness (QED) is 0.599. The highest BCUT2D eigenvalue weighted by Crippen LogP contribution is 2.09. The van der Waals surface area contributed by atoms with Gasteiger partial charge in [-0.25, -0.2) is 4.39 Å². The number of nitrogens with zero attached hydrogens (tertiary/aromatic N) is 2. The van der Waals surface area contributed by atoms with Crippen LogP contribution < -0.4 is 0 Å². The van der Waals surface area contributed by atoms with Crippen LogP contribution in [0.5, 0.6) is 0 Å². The molecule has 0 bridgehead atoms.